The molecule has 2 aromatic rings. The van der Waals surface area contributed by atoms with Crippen LogP contribution in [-0.4, -0.2) is 13.1 Å². The van der Waals surface area contributed by atoms with E-state index in [0.29, 0.717) is 5.75 Å². The van der Waals surface area contributed by atoms with Crippen molar-refractivity contribution >= 4 is 5.97 Å². The van der Waals surface area contributed by atoms with Gasteiger partial charge in [-0.15, -0.1) is 0 Å². The van der Waals surface area contributed by atoms with Gasteiger partial charge in [-0.05, 0) is 18.2 Å². The Balaban J connectivity index is 2.00. The summed E-state index contributed by atoms with van der Waals surface area (Å²) in [6, 6.07) is 10.6. The van der Waals surface area contributed by atoms with Crippen molar-refractivity contribution in [2.24, 2.45) is 0 Å². The number of hydrogen-bond donors (Lipinski definition) is 0. The van der Waals surface area contributed by atoms with E-state index in [2.05, 4.69) is 0 Å². The Morgan fingerprint density at radius 1 is 1.24 bits per heavy atom. The highest BCUT2D eigenvalue weighted by atomic mass is 16.5. The first-order valence-corrected chi connectivity index (χ1v) is 5.14. The molecule has 0 N–H and O–H groups in total. The zero-order chi connectivity index (χ0) is 12.1. The van der Waals surface area contributed by atoms with Crippen LogP contribution in [0.4, 0.5) is 0 Å². The molecule has 4 heteroatoms. The summed E-state index contributed by atoms with van der Waals surface area (Å²) in [5, 5.41) is 0. The van der Waals surface area contributed by atoms with Crippen LogP contribution < -0.4 is 4.74 Å². The average Bonchev–Trinajstić information content (AvgIpc) is 2.90. The Morgan fingerprint density at radius 2 is 2.06 bits per heavy atom. The number of benzene rings is 1. The quantitative estimate of drug-likeness (QED) is 0.760. The van der Waals surface area contributed by atoms with Crippen LogP contribution in [0.15, 0.2) is 47.1 Å². The predicted molar refractivity (Wildman–Crippen MR) is 60.8 cm³/mol. The molecule has 0 bridgehead atoms. The maximum atomic E-state index is 11.5. The number of carbonyl (C=O) groups excluding carboxylic acids is 1. The lowest BCUT2D eigenvalue weighted by Gasteiger charge is -2.07. The second-order valence-electron chi connectivity index (χ2n) is 3.37. The summed E-state index contributed by atoms with van der Waals surface area (Å²) in [6.45, 7) is 0.156. The first-order chi connectivity index (χ1) is 8.31. The van der Waals surface area contributed by atoms with Crippen LogP contribution in [0.5, 0.6) is 5.75 Å². The Kier molecular flexibility index (Phi) is 3.45. The molecule has 0 aliphatic carbocycles. The first-order valence-electron chi connectivity index (χ1n) is 5.14. The lowest BCUT2D eigenvalue weighted by Crippen LogP contribution is -2.04. The van der Waals surface area contributed by atoms with E-state index in [1.54, 1.807) is 19.2 Å². The standard InChI is InChI=1S/C13H12O4/c1-15-11-6-3-2-5-10(11)9-17-13(14)12-7-4-8-16-12/h2-8H,9H2,1H3. The summed E-state index contributed by atoms with van der Waals surface area (Å²) in [5.74, 6) is 0.403. The first kappa shape index (κ1) is 11.3. The number of para-hydroxylation sites is 1. The molecule has 4 nitrogen and oxygen atoms in total. The second kappa shape index (κ2) is 5.21. The minimum atomic E-state index is -0.485. The van der Waals surface area contributed by atoms with Crippen LogP contribution in [0.25, 0.3) is 0 Å². The van der Waals surface area contributed by atoms with Crippen LogP contribution >= 0.6 is 0 Å². The van der Waals surface area contributed by atoms with Gasteiger partial charge in [0.1, 0.15) is 12.4 Å². The van der Waals surface area contributed by atoms with E-state index in [9.17, 15) is 4.79 Å². The monoisotopic (exact) mass is 232 g/mol. The Bertz CT molecular complexity index is 488. The molecule has 0 aliphatic rings. The molecule has 88 valence electrons. The average molecular weight is 232 g/mol. The van der Waals surface area contributed by atoms with E-state index in [4.69, 9.17) is 13.9 Å². The molecule has 0 fully saturated rings. The minimum Gasteiger partial charge on any atom is -0.496 e. The molecule has 1 heterocycles. The van der Waals surface area contributed by atoms with Crippen LogP contribution in [0.1, 0.15) is 16.1 Å². The third-order valence-corrected chi connectivity index (χ3v) is 2.27. The second-order valence-corrected chi connectivity index (χ2v) is 3.37. The van der Waals surface area contributed by atoms with E-state index in [-0.39, 0.29) is 12.4 Å². The smallest absolute Gasteiger partial charge is 0.374 e. The van der Waals surface area contributed by atoms with Gasteiger partial charge in [-0.2, -0.15) is 0 Å². The van der Waals surface area contributed by atoms with Gasteiger partial charge in [0.25, 0.3) is 0 Å². The highest BCUT2D eigenvalue weighted by Gasteiger charge is 2.11. The lowest BCUT2D eigenvalue weighted by molar-refractivity contribution is 0.0433. The molecule has 0 radical (unpaired) electrons. The topological polar surface area (TPSA) is 48.7 Å². The van der Waals surface area contributed by atoms with Crippen LogP contribution in [0, 0.1) is 0 Å². The summed E-state index contributed by atoms with van der Waals surface area (Å²) in [7, 11) is 1.58. The van der Waals surface area contributed by atoms with Crippen molar-refractivity contribution in [2.75, 3.05) is 7.11 Å². The zero-order valence-corrected chi connectivity index (χ0v) is 9.38. The number of ether oxygens (including phenoxy) is 2. The molecule has 2 rings (SSSR count). The van der Waals surface area contributed by atoms with Gasteiger partial charge < -0.3 is 13.9 Å². The summed E-state index contributed by atoms with van der Waals surface area (Å²) in [6.07, 6.45) is 1.43. The summed E-state index contributed by atoms with van der Waals surface area (Å²) >= 11 is 0. The maximum Gasteiger partial charge on any atom is 0.374 e. The third kappa shape index (κ3) is 2.66. The Morgan fingerprint density at radius 3 is 2.76 bits per heavy atom. The molecule has 0 atom stereocenters. The fourth-order valence-corrected chi connectivity index (χ4v) is 1.43. The molecule has 17 heavy (non-hydrogen) atoms. The number of furan rings is 1. The van der Waals surface area contributed by atoms with Crippen molar-refractivity contribution in [2.45, 2.75) is 6.61 Å². The largest absolute Gasteiger partial charge is 0.496 e. The normalized spacial score (nSPS) is 9.94. The number of carbonyl (C=O) groups is 1. The van der Waals surface area contributed by atoms with Crippen molar-refractivity contribution < 1.29 is 18.7 Å². The van der Waals surface area contributed by atoms with Crippen molar-refractivity contribution in [3.63, 3.8) is 0 Å². The SMILES string of the molecule is COc1ccccc1COC(=O)c1ccco1. The van der Waals surface area contributed by atoms with Gasteiger partial charge in [0.15, 0.2) is 0 Å². The molecule has 0 amide bonds. The minimum absolute atomic E-state index is 0.156. The predicted octanol–water partition coefficient (Wildman–Crippen LogP) is 2.65. The molecule has 0 spiro atoms. The van der Waals surface area contributed by atoms with Crippen LogP contribution in [0.2, 0.25) is 0 Å². The van der Waals surface area contributed by atoms with E-state index < -0.39 is 5.97 Å². The van der Waals surface area contributed by atoms with Crippen molar-refractivity contribution in [3.05, 3.63) is 54.0 Å². The van der Waals surface area contributed by atoms with E-state index in [0.717, 1.165) is 5.56 Å². The van der Waals surface area contributed by atoms with Gasteiger partial charge in [0.05, 0.1) is 13.4 Å². The highest BCUT2D eigenvalue weighted by molar-refractivity contribution is 5.86. The molecule has 1 aromatic carbocycles. The molecule has 1 aromatic heterocycles. The molecular weight excluding hydrogens is 220 g/mol. The molecule has 0 aliphatic heterocycles. The number of methoxy groups -OCH3 is 1. The third-order valence-electron chi connectivity index (χ3n) is 2.27. The van der Waals surface area contributed by atoms with Crippen molar-refractivity contribution in [3.8, 4) is 5.75 Å². The number of hydrogen-bond acceptors (Lipinski definition) is 4. The number of esters is 1. The van der Waals surface area contributed by atoms with Gasteiger partial charge in [-0.1, -0.05) is 18.2 Å². The summed E-state index contributed by atoms with van der Waals surface area (Å²) in [4.78, 5) is 11.5. The Labute approximate surface area is 98.8 Å². The summed E-state index contributed by atoms with van der Waals surface area (Å²) in [5.41, 5.74) is 0.815. The van der Waals surface area contributed by atoms with Crippen LogP contribution in [0.3, 0.4) is 0 Å². The van der Waals surface area contributed by atoms with Gasteiger partial charge in [0.2, 0.25) is 5.76 Å². The van der Waals surface area contributed by atoms with Gasteiger partial charge in [0, 0.05) is 5.56 Å². The lowest BCUT2D eigenvalue weighted by atomic mass is 10.2. The summed E-state index contributed by atoms with van der Waals surface area (Å²) < 4.78 is 15.2. The van der Waals surface area contributed by atoms with Gasteiger partial charge in [-0.3, -0.25) is 0 Å². The van der Waals surface area contributed by atoms with Gasteiger partial charge in [-0.25, -0.2) is 4.79 Å². The maximum absolute atomic E-state index is 11.5. The van der Waals surface area contributed by atoms with E-state index in [1.165, 1.54) is 6.26 Å². The molecular formula is C13H12O4. The zero-order valence-electron chi connectivity index (χ0n) is 9.38. The molecule has 0 saturated heterocycles. The molecule has 0 saturated carbocycles. The van der Waals surface area contributed by atoms with Crippen molar-refractivity contribution in [1.82, 2.24) is 0 Å². The van der Waals surface area contributed by atoms with Crippen molar-refractivity contribution in [1.29, 1.82) is 0 Å². The van der Waals surface area contributed by atoms with Crippen LogP contribution in [-0.2, 0) is 11.3 Å². The number of rotatable bonds is 4. The van der Waals surface area contributed by atoms with E-state index >= 15 is 0 Å². The fraction of sp³-hybridized carbons (Fsp3) is 0.154. The fourth-order valence-electron chi connectivity index (χ4n) is 1.43. The van der Waals surface area contributed by atoms with Gasteiger partial charge >= 0.3 is 5.97 Å². The molecule has 0 unspecified atom stereocenters. The Hall–Kier alpha value is -2.23. The van der Waals surface area contributed by atoms with E-state index in [1.807, 2.05) is 24.3 Å². The highest BCUT2D eigenvalue weighted by Crippen LogP contribution is 2.18.